The van der Waals surface area contributed by atoms with E-state index in [0.717, 1.165) is 0 Å². The molecule has 2 aromatic carbocycles. The quantitative estimate of drug-likeness (QED) is 0.277. The van der Waals surface area contributed by atoms with E-state index >= 15 is 0 Å². The molecule has 2 aliphatic heterocycles. The van der Waals surface area contributed by atoms with Crippen LogP contribution in [0.15, 0.2) is 51.9 Å². The Bertz CT molecular complexity index is 1610. The SMILES string of the molecule is C[C@@H](NC(=O)OC(C)(C)C)C(=O)OC[C@H]1O[C@@H](Oc2ccc3c(=O)c(-c4ccc5c(c4)OCCO5)coc3c2)[C@H](O)[C@@H](O)[C@@H]1O. The molecule has 242 valence electrons. The Morgan fingerprint density at radius 1 is 1.00 bits per heavy atom. The number of aliphatic hydroxyl groups excluding tert-OH is 3. The van der Waals surface area contributed by atoms with Crippen LogP contribution in [0.1, 0.15) is 27.7 Å². The van der Waals surface area contributed by atoms with E-state index in [9.17, 15) is 29.7 Å². The van der Waals surface area contributed by atoms with Crippen LogP contribution in [0.2, 0.25) is 0 Å². The summed E-state index contributed by atoms with van der Waals surface area (Å²) < 4.78 is 38.5. The Kier molecular flexibility index (Phi) is 9.20. The molecule has 6 atom stereocenters. The highest BCUT2D eigenvalue weighted by molar-refractivity contribution is 5.83. The van der Waals surface area contributed by atoms with Gasteiger partial charge in [0.05, 0.1) is 10.9 Å². The molecule has 4 N–H and O–H groups in total. The first-order valence-electron chi connectivity index (χ1n) is 14.3. The second-order valence-corrected chi connectivity index (χ2v) is 11.6. The number of esters is 1. The minimum absolute atomic E-state index is 0.122. The maximum atomic E-state index is 13.3. The van der Waals surface area contributed by atoms with Crippen LogP contribution in [0.3, 0.4) is 0 Å². The van der Waals surface area contributed by atoms with E-state index in [1.54, 1.807) is 39.0 Å². The van der Waals surface area contributed by atoms with Crippen LogP contribution in [0.5, 0.6) is 17.2 Å². The van der Waals surface area contributed by atoms with Crippen LogP contribution in [-0.4, -0.2) is 89.6 Å². The third kappa shape index (κ3) is 7.31. The van der Waals surface area contributed by atoms with Crippen LogP contribution < -0.4 is 25.0 Å². The number of amides is 1. The summed E-state index contributed by atoms with van der Waals surface area (Å²) >= 11 is 0. The minimum Gasteiger partial charge on any atom is -0.486 e. The molecule has 0 saturated carbocycles. The molecule has 14 nitrogen and oxygen atoms in total. The van der Waals surface area contributed by atoms with E-state index in [2.05, 4.69) is 5.32 Å². The number of hydrogen-bond donors (Lipinski definition) is 4. The van der Waals surface area contributed by atoms with Gasteiger partial charge in [0.25, 0.3) is 0 Å². The lowest BCUT2D eigenvalue weighted by molar-refractivity contribution is -0.278. The van der Waals surface area contributed by atoms with E-state index < -0.39 is 61.0 Å². The number of hydrogen-bond acceptors (Lipinski definition) is 13. The summed E-state index contributed by atoms with van der Waals surface area (Å²) in [6.45, 7) is 6.71. The number of rotatable bonds is 7. The van der Waals surface area contributed by atoms with Crippen molar-refractivity contribution in [3.05, 3.63) is 52.9 Å². The van der Waals surface area contributed by atoms with Crippen LogP contribution in [-0.2, 0) is 19.0 Å². The van der Waals surface area contributed by atoms with E-state index in [0.29, 0.717) is 35.8 Å². The standard InChI is InChI=1S/C31H35NO13/c1-15(32-30(38)45-31(2,3)4)28(37)42-14-23-25(34)26(35)27(36)29(44-23)43-17-6-7-18-21(12-17)41-13-19(24(18)33)16-5-8-20-22(11-16)40-10-9-39-20/h5-8,11-13,15,23,25-27,29,34-36H,9-10,14H2,1-4H3,(H,32,38)/t15-,23-,25-,26+,27-,29-/m1/s1. The van der Waals surface area contributed by atoms with Gasteiger partial charge < -0.3 is 53.5 Å². The summed E-state index contributed by atoms with van der Waals surface area (Å²) in [5.41, 5.74) is 0.00530. The summed E-state index contributed by atoms with van der Waals surface area (Å²) in [5, 5.41) is 34.0. The van der Waals surface area contributed by atoms with E-state index in [1.165, 1.54) is 31.4 Å². The number of fused-ring (bicyclic) bond motifs is 2. The van der Waals surface area contributed by atoms with Crippen LogP contribution in [0.25, 0.3) is 22.1 Å². The Hall–Kier alpha value is -4.37. The molecular formula is C31H35NO13. The third-order valence-electron chi connectivity index (χ3n) is 7.00. The number of alkyl carbamates (subject to hydrolysis) is 1. The molecule has 1 fully saturated rings. The molecule has 14 heteroatoms. The smallest absolute Gasteiger partial charge is 0.408 e. The molecule has 0 unspecified atom stereocenters. The molecule has 45 heavy (non-hydrogen) atoms. The van der Waals surface area contributed by atoms with E-state index in [1.807, 2.05) is 0 Å². The lowest BCUT2D eigenvalue weighted by Crippen LogP contribution is -2.60. The van der Waals surface area contributed by atoms with Crippen molar-refractivity contribution < 1.29 is 57.7 Å². The van der Waals surface area contributed by atoms with Gasteiger partial charge >= 0.3 is 12.1 Å². The van der Waals surface area contributed by atoms with Crippen LogP contribution in [0, 0.1) is 0 Å². The highest BCUT2D eigenvalue weighted by Gasteiger charge is 2.45. The van der Waals surface area contributed by atoms with Crippen molar-refractivity contribution in [3.63, 3.8) is 0 Å². The molecule has 0 spiro atoms. The Labute approximate surface area is 257 Å². The zero-order valence-corrected chi connectivity index (χ0v) is 25.1. The number of benzene rings is 2. The number of carbonyl (C=O) groups is 2. The Morgan fingerprint density at radius 3 is 2.47 bits per heavy atom. The second-order valence-electron chi connectivity index (χ2n) is 11.6. The minimum atomic E-state index is -1.71. The van der Waals surface area contributed by atoms with Gasteiger partial charge in [-0.3, -0.25) is 4.79 Å². The number of aliphatic hydroxyl groups is 3. The lowest BCUT2D eigenvalue weighted by atomic mass is 9.99. The molecule has 0 aliphatic carbocycles. The molecule has 1 saturated heterocycles. The molecule has 2 aliphatic rings. The van der Waals surface area contributed by atoms with Crippen molar-refractivity contribution in [2.75, 3.05) is 19.8 Å². The van der Waals surface area contributed by atoms with Crippen molar-refractivity contribution in [3.8, 4) is 28.4 Å². The predicted octanol–water partition coefficient (Wildman–Crippen LogP) is 1.87. The number of nitrogens with one attached hydrogen (secondary N) is 1. The van der Waals surface area contributed by atoms with Crippen molar-refractivity contribution in [2.24, 2.45) is 0 Å². The first-order valence-corrected chi connectivity index (χ1v) is 14.3. The van der Waals surface area contributed by atoms with Gasteiger partial charge in [0.1, 0.15) is 73.5 Å². The largest absolute Gasteiger partial charge is 0.486 e. The van der Waals surface area contributed by atoms with Gasteiger partial charge in [-0.2, -0.15) is 0 Å². The average molecular weight is 630 g/mol. The van der Waals surface area contributed by atoms with Gasteiger partial charge in [-0.05, 0) is 57.5 Å². The first-order chi connectivity index (χ1) is 21.3. The van der Waals surface area contributed by atoms with Gasteiger partial charge in [-0.15, -0.1) is 0 Å². The fraction of sp³-hybridized carbons (Fsp3) is 0.452. The maximum Gasteiger partial charge on any atom is 0.408 e. The van der Waals surface area contributed by atoms with Crippen LogP contribution >= 0.6 is 0 Å². The summed E-state index contributed by atoms with van der Waals surface area (Å²) in [4.78, 5) is 37.7. The summed E-state index contributed by atoms with van der Waals surface area (Å²) in [6, 6.07) is 8.42. The van der Waals surface area contributed by atoms with E-state index in [-0.39, 0.29) is 22.1 Å². The summed E-state index contributed by atoms with van der Waals surface area (Å²) in [6.07, 6.45) is -7.32. The predicted molar refractivity (Wildman–Crippen MR) is 156 cm³/mol. The molecule has 1 amide bonds. The molecule has 5 rings (SSSR count). The maximum absolute atomic E-state index is 13.3. The molecule has 3 aromatic rings. The highest BCUT2D eigenvalue weighted by atomic mass is 16.7. The van der Waals surface area contributed by atoms with Crippen molar-refractivity contribution in [1.82, 2.24) is 5.32 Å². The molecule has 1 aromatic heterocycles. The summed E-state index contributed by atoms with van der Waals surface area (Å²) in [7, 11) is 0. The van der Waals surface area contributed by atoms with Crippen molar-refractivity contribution >= 4 is 23.0 Å². The second kappa shape index (κ2) is 12.9. The average Bonchev–Trinajstić information content (AvgIpc) is 2.99. The third-order valence-corrected chi connectivity index (χ3v) is 7.00. The fourth-order valence-corrected chi connectivity index (χ4v) is 4.71. The monoisotopic (exact) mass is 629 g/mol. The van der Waals surface area contributed by atoms with Gasteiger partial charge in [0, 0.05) is 6.07 Å². The zero-order chi connectivity index (χ0) is 32.5. The Morgan fingerprint density at radius 2 is 1.73 bits per heavy atom. The van der Waals surface area contributed by atoms with Gasteiger partial charge in [-0.1, -0.05) is 6.07 Å². The van der Waals surface area contributed by atoms with Crippen molar-refractivity contribution in [2.45, 2.75) is 70.0 Å². The highest BCUT2D eigenvalue weighted by Crippen LogP contribution is 2.34. The van der Waals surface area contributed by atoms with Crippen LogP contribution in [0.4, 0.5) is 4.79 Å². The van der Waals surface area contributed by atoms with Gasteiger partial charge in [0.2, 0.25) is 6.29 Å². The van der Waals surface area contributed by atoms with Gasteiger partial charge in [0.15, 0.2) is 16.9 Å². The summed E-state index contributed by atoms with van der Waals surface area (Å²) in [5.74, 6) is 0.387. The molecular weight excluding hydrogens is 594 g/mol. The number of carbonyl (C=O) groups excluding carboxylic acids is 2. The lowest BCUT2D eigenvalue weighted by Gasteiger charge is -2.40. The molecule has 0 bridgehead atoms. The first kappa shape index (κ1) is 32.0. The Balaban J connectivity index is 1.25. The van der Waals surface area contributed by atoms with Gasteiger partial charge in [-0.25, -0.2) is 9.59 Å². The molecule has 3 heterocycles. The molecule has 0 radical (unpaired) electrons. The van der Waals surface area contributed by atoms with E-state index in [4.69, 9.17) is 32.8 Å². The topological polar surface area (TPSA) is 192 Å². The fourth-order valence-electron chi connectivity index (χ4n) is 4.71. The van der Waals surface area contributed by atoms with Crippen molar-refractivity contribution in [1.29, 1.82) is 0 Å². The number of ether oxygens (including phenoxy) is 6. The normalized spacial score (nSPS) is 23.6. The zero-order valence-electron chi connectivity index (χ0n) is 25.1.